The smallest absolute Gasteiger partial charge is 0.235 e. The molecule has 6 nitrogen and oxygen atoms in total. The summed E-state index contributed by atoms with van der Waals surface area (Å²) in [7, 11) is 0. The number of benzene rings is 1. The predicted octanol–water partition coefficient (Wildman–Crippen LogP) is 2.07. The summed E-state index contributed by atoms with van der Waals surface area (Å²) in [6, 6.07) is 7.99. The minimum absolute atomic E-state index is 0.168. The van der Waals surface area contributed by atoms with Gasteiger partial charge >= 0.3 is 0 Å². The first-order chi connectivity index (χ1) is 10.6. The van der Waals surface area contributed by atoms with Crippen LogP contribution in [-0.4, -0.2) is 49.4 Å². The molecule has 2 heterocycles. The van der Waals surface area contributed by atoms with Crippen molar-refractivity contribution in [3.63, 3.8) is 0 Å². The van der Waals surface area contributed by atoms with E-state index in [1.807, 2.05) is 43.0 Å². The summed E-state index contributed by atoms with van der Waals surface area (Å²) in [6.45, 7) is 5.69. The summed E-state index contributed by atoms with van der Waals surface area (Å²) >= 11 is 1.41. The number of likely N-dealkylation sites (tertiary alicyclic amines) is 1. The van der Waals surface area contributed by atoms with Crippen LogP contribution in [0.15, 0.2) is 29.4 Å². The Bertz CT molecular complexity index is 648. The van der Waals surface area contributed by atoms with Crippen LogP contribution in [0.5, 0.6) is 0 Å². The van der Waals surface area contributed by atoms with E-state index in [1.54, 1.807) is 4.68 Å². The van der Waals surface area contributed by atoms with Gasteiger partial charge in [-0.15, -0.1) is 5.10 Å². The van der Waals surface area contributed by atoms with Gasteiger partial charge < -0.3 is 4.90 Å². The van der Waals surface area contributed by atoms with Crippen molar-refractivity contribution in [3.8, 4) is 5.69 Å². The summed E-state index contributed by atoms with van der Waals surface area (Å²) < 4.78 is 1.68. The third-order valence-corrected chi connectivity index (χ3v) is 4.79. The summed E-state index contributed by atoms with van der Waals surface area (Å²) in [6.07, 6.45) is 2.20. The van der Waals surface area contributed by atoms with Crippen LogP contribution in [-0.2, 0) is 4.79 Å². The number of aromatic nitrogens is 4. The Morgan fingerprint density at radius 3 is 2.59 bits per heavy atom. The van der Waals surface area contributed by atoms with Crippen molar-refractivity contribution in [2.24, 2.45) is 0 Å². The SMILES string of the molecule is Cc1ccc(-n2nnnc2S[C@@H](C)C(=O)N2CCCC2)cc1. The number of carbonyl (C=O) groups is 1. The molecule has 1 aliphatic rings. The van der Waals surface area contributed by atoms with Gasteiger partial charge in [0.15, 0.2) is 0 Å². The van der Waals surface area contributed by atoms with Crippen molar-refractivity contribution in [2.45, 2.75) is 37.1 Å². The highest BCUT2D eigenvalue weighted by Crippen LogP contribution is 2.25. The molecule has 0 spiro atoms. The fourth-order valence-corrected chi connectivity index (χ4v) is 3.40. The molecule has 7 heteroatoms. The highest BCUT2D eigenvalue weighted by Gasteiger charge is 2.25. The molecule has 0 bridgehead atoms. The molecule has 116 valence electrons. The lowest BCUT2D eigenvalue weighted by Gasteiger charge is -2.19. The van der Waals surface area contributed by atoms with Gasteiger partial charge in [-0.05, 0) is 49.2 Å². The Morgan fingerprint density at radius 1 is 1.23 bits per heavy atom. The lowest BCUT2D eigenvalue weighted by Crippen LogP contribution is -2.34. The van der Waals surface area contributed by atoms with Crippen molar-refractivity contribution >= 4 is 17.7 Å². The zero-order chi connectivity index (χ0) is 15.5. The number of rotatable bonds is 4. The molecule has 0 aliphatic carbocycles. The molecule has 1 saturated heterocycles. The van der Waals surface area contributed by atoms with Gasteiger partial charge in [-0.25, -0.2) is 0 Å². The van der Waals surface area contributed by atoms with Crippen molar-refractivity contribution in [3.05, 3.63) is 29.8 Å². The van der Waals surface area contributed by atoms with Gasteiger partial charge in [0.2, 0.25) is 11.1 Å². The van der Waals surface area contributed by atoms with Gasteiger partial charge in [0, 0.05) is 13.1 Å². The molecule has 22 heavy (non-hydrogen) atoms. The quantitative estimate of drug-likeness (QED) is 0.808. The molecule has 1 atom stereocenters. The number of hydrogen-bond donors (Lipinski definition) is 0. The van der Waals surface area contributed by atoms with Gasteiger partial charge in [-0.2, -0.15) is 4.68 Å². The van der Waals surface area contributed by atoms with Gasteiger partial charge in [0.1, 0.15) is 0 Å². The number of hydrogen-bond acceptors (Lipinski definition) is 5. The fraction of sp³-hybridized carbons (Fsp3) is 0.467. The van der Waals surface area contributed by atoms with Crippen LogP contribution in [0.3, 0.4) is 0 Å². The highest BCUT2D eigenvalue weighted by molar-refractivity contribution is 8.00. The second-order valence-corrected chi connectivity index (χ2v) is 6.81. The summed E-state index contributed by atoms with van der Waals surface area (Å²) in [5.41, 5.74) is 2.09. The molecular weight excluding hydrogens is 298 g/mol. The maximum Gasteiger partial charge on any atom is 0.235 e. The zero-order valence-corrected chi connectivity index (χ0v) is 13.6. The molecule has 1 amide bonds. The summed E-state index contributed by atoms with van der Waals surface area (Å²) in [5, 5.41) is 12.3. The number of amides is 1. The Labute approximate surface area is 133 Å². The first-order valence-electron chi connectivity index (χ1n) is 7.46. The average molecular weight is 317 g/mol. The van der Waals surface area contributed by atoms with E-state index in [4.69, 9.17) is 0 Å². The minimum Gasteiger partial charge on any atom is -0.342 e. The normalized spacial score (nSPS) is 16.0. The van der Waals surface area contributed by atoms with Gasteiger partial charge in [0.25, 0.3) is 0 Å². The lowest BCUT2D eigenvalue weighted by molar-refractivity contribution is -0.129. The topological polar surface area (TPSA) is 63.9 Å². The van der Waals surface area contributed by atoms with E-state index in [9.17, 15) is 4.79 Å². The van der Waals surface area contributed by atoms with Crippen molar-refractivity contribution in [1.82, 2.24) is 25.1 Å². The zero-order valence-electron chi connectivity index (χ0n) is 12.8. The molecule has 1 aliphatic heterocycles. The van der Waals surface area contributed by atoms with Crippen LogP contribution in [0.25, 0.3) is 5.69 Å². The van der Waals surface area contributed by atoms with Crippen LogP contribution in [0.1, 0.15) is 25.3 Å². The van der Waals surface area contributed by atoms with E-state index in [0.717, 1.165) is 31.6 Å². The molecular formula is C15H19N5OS. The Balaban J connectivity index is 1.74. The summed E-state index contributed by atoms with van der Waals surface area (Å²) in [4.78, 5) is 14.3. The molecule has 0 N–H and O–H groups in total. The van der Waals surface area contributed by atoms with Crippen molar-refractivity contribution in [2.75, 3.05) is 13.1 Å². The third kappa shape index (κ3) is 3.14. The van der Waals surface area contributed by atoms with Crippen LogP contribution in [0.4, 0.5) is 0 Å². The van der Waals surface area contributed by atoms with E-state index >= 15 is 0 Å². The second kappa shape index (κ2) is 6.48. The van der Waals surface area contributed by atoms with Crippen LogP contribution in [0.2, 0.25) is 0 Å². The van der Waals surface area contributed by atoms with Crippen LogP contribution < -0.4 is 0 Å². The predicted molar refractivity (Wildman–Crippen MR) is 85.0 cm³/mol. The minimum atomic E-state index is -0.187. The van der Waals surface area contributed by atoms with Crippen molar-refractivity contribution in [1.29, 1.82) is 0 Å². The van der Waals surface area contributed by atoms with E-state index < -0.39 is 0 Å². The Morgan fingerprint density at radius 2 is 1.91 bits per heavy atom. The maximum atomic E-state index is 12.4. The first-order valence-corrected chi connectivity index (χ1v) is 8.34. The number of nitrogens with zero attached hydrogens (tertiary/aromatic N) is 5. The van der Waals surface area contributed by atoms with E-state index in [1.165, 1.54) is 17.3 Å². The molecule has 1 fully saturated rings. The molecule has 0 saturated carbocycles. The number of aryl methyl sites for hydroxylation is 1. The molecule has 0 radical (unpaired) electrons. The van der Waals surface area contributed by atoms with E-state index in [0.29, 0.717) is 5.16 Å². The molecule has 3 rings (SSSR count). The average Bonchev–Trinajstić information content (AvgIpc) is 3.18. The van der Waals surface area contributed by atoms with Crippen LogP contribution in [0, 0.1) is 6.92 Å². The van der Waals surface area contributed by atoms with Gasteiger partial charge in [0.05, 0.1) is 10.9 Å². The standard InChI is InChI=1S/C15H19N5OS/c1-11-5-7-13(8-6-11)20-15(16-17-18-20)22-12(2)14(21)19-9-3-4-10-19/h5-8,12H,3-4,9-10H2,1-2H3/t12-/m0/s1. The third-order valence-electron chi connectivity index (χ3n) is 3.77. The monoisotopic (exact) mass is 317 g/mol. The largest absolute Gasteiger partial charge is 0.342 e. The van der Waals surface area contributed by atoms with Gasteiger partial charge in [-0.3, -0.25) is 4.79 Å². The van der Waals surface area contributed by atoms with Gasteiger partial charge in [-0.1, -0.05) is 29.5 Å². The van der Waals surface area contributed by atoms with E-state index in [2.05, 4.69) is 15.5 Å². The Kier molecular flexibility index (Phi) is 4.42. The number of carbonyl (C=O) groups excluding carboxylic acids is 1. The second-order valence-electron chi connectivity index (χ2n) is 5.50. The lowest BCUT2D eigenvalue weighted by atomic mass is 10.2. The van der Waals surface area contributed by atoms with Crippen LogP contribution >= 0.6 is 11.8 Å². The first kappa shape index (κ1) is 15.0. The molecule has 0 unspecified atom stereocenters. The Hall–Kier alpha value is -1.89. The fourth-order valence-electron chi connectivity index (χ4n) is 2.50. The summed E-state index contributed by atoms with van der Waals surface area (Å²) in [5.74, 6) is 0.168. The maximum absolute atomic E-state index is 12.4. The number of thioether (sulfide) groups is 1. The number of tetrazole rings is 1. The van der Waals surface area contributed by atoms with Crippen molar-refractivity contribution < 1.29 is 4.79 Å². The molecule has 1 aromatic carbocycles. The molecule has 1 aromatic heterocycles. The highest BCUT2D eigenvalue weighted by atomic mass is 32.2. The molecule has 2 aromatic rings. The van der Waals surface area contributed by atoms with E-state index in [-0.39, 0.29) is 11.2 Å².